The van der Waals surface area contributed by atoms with Crippen LogP contribution < -0.4 is 11.1 Å². The Balaban J connectivity index is 1.26. The molecule has 2 aromatic heterocycles. The number of likely N-dealkylation sites (N-methyl/N-ethyl adjacent to an activating group) is 1. The molecule has 35 heavy (non-hydrogen) atoms. The standard InChI is InChI=1S/C27H31N5O3/c1-3-32-24-9-8-22(13-25(24)35-27(32)34)29-26(33)18-31-11-10-30(2)16-19(17-31)12-21-15-28-14-20-6-4-5-7-23(20)21/h4-9,13-15,19H,3,10-12,16-18H2,1-2H3,(H,29,33)/t19-/m1/s1. The number of nitrogens with one attached hydrogen (secondary N) is 1. The molecule has 1 amide bonds. The third-order valence-electron chi connectivity index (χ3n) is 6.78. The fourth-order valence-corrected chi connectivity index (χ4v) is 5.13. The molecular weight excluding hydrogens is 442 g/mol. The highest BCUT2D eigenvalue weighted by molar-refractivity contribution is 5.94. The number of rotatable bonds is 6. The number of amides is 1. The summed E-state index contributed by atoms with van der Waals surface area (Å²) < 4.78 is 6.90. The number of oxazole rings is 1. The van der Waals surface area contributed by atoms with Crippen LogP contribution in [0.3, 0.4) is 0 Å². The first-order valence-electron chi connectivity index (χ1n) is 12.2. The lowest BCUT2D eigenvalue weighted by atomic mass is 9.96. The maximum atomic E-state index is 12.9. The molecule has 4 aromatic rings. The van der Waals surface area contributed by atoms with Crippen LogP contribution in [-0.2, 0) is 17.8 Å². The Hall–Kier alpha value is -3.49. The van der Waals surface area contributed by atoms with Gasteiger partial charge in [0.2, 0.25) is 5.91 Å². The number of nitrogens with zero attached hydrogens (tertiary/aromatic N) is 4. The Morgan fingerprint density at radius 3 is 2.86 bits per heavy atom. The normalized spacial score (nSPS) is 17.6. The molecule has 1 aliphatic heterocycles. The van der Waals surface area contributed by atoms with E-state index in [1.165, 1.54) is 10.9 Å². The number of aryl methyl sites for hydroxylation is 1. The third-order valence-corrected chi connectivity index (χ3v) is 6.78. The maximum absolute atomic E-state index is 12.9. The molecular formula is C27H31N5O3. The van der Waals surface area contributed by atoms with Crippen LogP contribution in [0.1, 0.15) is 12.5 Å². The molecule has 1 atom stereocenters. The lowest BCUT2D eigenvalue weighted by Crippen LogP contribution is -2.37. The van der Waals surface area contributed by atoms with Gasteiger partial charge in [0.05, 0.1) is 12.1 Å². The van der Waals surface area contributed by atoms with Crippen molar-refractivity contribution >= 4 is 33.5 Å². The number of fused-ring (bicyclic) bond motifs is 2. The molecule has 0 saturated carbocycles. The van der Waals surface area contributed by atoms with Gasteiger partial charge in [0, 0.05) is 62.3 Å². The first-order chi connectivity index (χ1) is 17.0. The van der Waals surface area contributed by atoms with Crippen LogP contribution in [-0.4, -0.2) is 65.0 Å². The van der Waals surface area contributed by atoms with Gasteiger partial charge in [0.25, 0.3) is 0 Å². The van der Waals surface area contributed by atoms with Crippen LogP contribution in [0.4, 0.5) is 5.69 Å². The summed E-state index contributed by atoms with van der Waals surface area (Å²) in [5.74, 6) is -0.0637. The summed E-state index contributed by atoms with van der Waals surface area (Å²) in [5.41, 5.74) is 3.10. The minimum Gasteiger partial charge on any atom is -0.408 e. The van der Waals surface area contributed by atoms with E-state index in [1.54, 1.807) is 10.6 Å². The van der Waals surface area contributed by atoms with E-state index in [1.807, 2.05) is 37.5 Å². The molecule has 5 rings (SSSR count). The summed E-state index contributed by atoms with van der Waals surface area (Å²) in [6, 6.07) is 13.7. The van der Waals surface area contributed by atoms with Crippen LogP contribution in [0.5, 0.6) is 0 Å². The number of carbonyl (C=O) groups is 1. The van der Waals surface area contributed by atoms with E-state index in [2.05, 4.69) is 45.3 Å². The van der Waals surface area contributed by atoms with Crippen molar-refractivity contribution in [3.63, 3.8) is 0 Å². The Kier molecular flexibility index (Phi) is 6.66. The van der Waals surface area contributed by atoms with Gasteiger partial charge in [-0.1, -0.05) is 24.3 Å². The highest BCUT2D eigenvalue weighted by Gasteiger charge is 2.23. The first kappa shape index (κ1) is 23.3. The summed E-state index contributed by atoms with van der Waals surface area (Å²) in [5, 5.41) is 5.38. The zero-order valence-corrected chi connectivity index (χ0v) is 20.2. The zero-order valence-electron chi connectivity index (χ0n) is 20.2. The smallest absolute Gasteiger partial charge is 0.408 e. The van der Waals surface area contributed by atoms with Crippen molar-refractivity contribution in [2.45, 2.75) is 19.9 Å². The SMILES string of the molecule is CCn1c(=O)oc2cc(NC(=O)CN3CCN(C)C[C@@H](Cc4cncc5ccccc45)C3)ccc21. The van der Waals surface area contributed by atoms with Gasteiger partial charge in [0.1, 0.15) is 0 Å². The molecule has 2 aromatic carbocycles. The minimum atomic E-state index is -0.382. The third kappa shape index (κ3) is 5.13. The molecule has 8 nitrogen and oxygen atoms in total. The number of carbonyl (C=O) groups excluding carboxylic acids is 1. The number of anilines is 1. The van der Waals surface area contributed by atoms with Gasteiger partial charge in [-0.3, -0.25) is 19.2 Å². The molecule has 0 spiro atoms. The summed E-state index contributed by atoms with van der Waals surface area (Å²) in [4.78, 5) is 33.9. The molecule has 8 heteroatoms. The molecule has 1 aliphatic rings. The molecule has 0 unspecified atom stereocenters. The molecule has 0 aliphatic carbocycles. The first-order valence-corrected chi connectivity index (χ1v) is 12.2. The molecule has 1 saturated heterocycles. The van der Waals surface area contributed by atoms with E-state index < -0.39 is 0 Å². The molecule has 0 radical (unpaired) electrons. The predicted molar refractivity (Wildman–Crippen MR) is 138 cm³/mol. The van der Waals surface area contributed by atoms with Crippen molar-refractivity contribution in [3.05, 3.63) is 71.0 Å². The highest BCUT2D eigenvalue weighted by Crippen LogP contribution is 2.22. The Morgan fingerprint density at radius 1 is 1.14 bits per heavy atom. The van der Waals surface area contributed by atoms with E-state index in [0.717, 1.165) is 43.5 Å². The fourth-order valence-electron chi connectivity index (χ4n) is 5.13. The fraction of sp³-hybridized carbons (Fsp3) is 0.370. The number of aromatic nitrogens is 2. The van der Waals surface area contributed by atoms with Gasteiger partial charge >= 0.3 is 5.76 Å². The molecule has 182 valence electrons. The summed E-state index contributed by atoms with van der Waals surface area (Å²) in [6.07, 6.45) is 4.81. The van der Waals surface area contributed by atoms with Crippen molar-refractivity contribution in [3.8, 4) is 0 Å². The van der Waals surface area contributed by atoms with Crippen molar-refractivity contribution < 1.29 is 9.21 Å². The average molecular weight is 474 g/mol. The van der Waals surface area contributed by atoms with Crippen LogP contribution in [0.25, 0.3) is 21.9 Å². The topological polar surface area (TPSA) is 83.6 Å². The van der Waals surface area contributed by atoms with E-state index in [4.69, 9.17) is 4.42 Å². The quantitative estimate of drug-likeness (QED) is 0.463. The molecule has 0 bridgehead atoms. The second kappa shape index (κ2) is 10.0. The zero-order chi connectivity index (χ0) is 24.4. The van der Waals surface area contributed by atoms with E-state index in [0.29, 0.717) is 30.3 Å². The number of hydrogen-bond donors (Lipinski definition) is 1. The van der Waals surface area contributed by atoms with Crippen LogP contribution in [0.2, 0.25) is 0 Å². The Labute approximate surface area is 204 Å². The minimum absolute atomic E-state index is 0.0725. The van der Waals surface area contributed by atoms with Crippen molar-refractivity contribution in [2.75, 3.05) is 45.1 Å². The van der Waals surface area contributed by atoms with Gasteiger partial charge < -0.3 is 14.6 Å². The lowest BCUT2D eigenvalue weighted by Gasteiger charge is -2.24. The largest absolute Gasteiger partial charge is 0.419 e. The molecule has 1 fully saturated rings. The van der Waals surface area contributed by atoms with Crippen LogP contribution in [0, 0.1) is 5.92 Å². The Morgan fingerprint density at radius 2 is 2.00 bits per heavy atom. The molecule has 3 heterocycles. The van der Waals surface area contributed by atoms with Crippen LogP contribution in [0.15, 0.2) is 64.1 Å². The highest BCUT2D eigenvalue weighted by atomic mass is 16.4. The number of pyridine rings is 1. The van der Waals surface area contributed by atoms with Crippen LogP contribution >= 0.6 is 0 Å². The Bertz CT molecular complexity index is 1400. The second-order valence-corrected chi connectivity index (χ2v) is 9.43. The van der Waals surface area contributed by atoms with Gasteiger partial charge in [-0.2, -0.15) is 0 Å². The van der Waals surface area contributed by atoms with E-state index >= 15 is 0 Å². The van der Waals surface area contributed by atoms with Crippen molar-refractivity contribution in [2.24, 2.45) is 5.92 Å². The van der Waals surface area contributed by atoms with E-state index in [-0.39, 0.29) is 11.7 Å². The van der Waals surface area contributed by atoms with Gasteiger partial charge in [-0.05, 0) is 49.4 Å². The maximum Gasteiger partial charge on any atom is 0.419 e. The molecule has 1 N–H and O–H groups in total. The predicted octanol–water partition coefficient (Wildman–Crippen LogP) is 3.21. The van der Waals surface area contributed by atoms with Crippen molar-refractivity contribution in [1.29, 1.82) is 0 Å². The summed E-state index contributed by atoms with van der Waals surface area (Å²) in [6.45, 7) is 6.32. The number of benzene rings is 2. The van der Waals surface area contributed by atoms with Gasteiger partial charge in [0.15, 0.2) is 5.58 Å². The summed E-state index contributed by atoms with van der Waals surface area (Å²) in [7, 11) is 2.14. The van der Waals surface area contributed by atoms with Gasteiger partial charge in [-0.15, -0.1) is 0 Å². The van der Waals surface area contributed by atoms with Gasteiger partial charge in [-0.25, -0.2) is 4.79 Å². The monoisotopic (exact) mass is 473 g/mol. The summed E-state index contributed by atoms with van der Waals surface area (Å²) >= 11 is 0. The lowest BCUT2D eigenvalue weighted by molar-refractivity contribution is -0.117. The second-order valence-electron chi connectivity index (χ2n) is 9.43. The van der Waals surface area contributed by atoms with E-state index in [9.17, 15) is 9.59 Å². The number of hydrogen-bond acceptors (Lipinski definition) is 6. The van der Waals surface area contributed by atoms with Crippen molar-refractivity contribution in [1.82, 2.24) is 19.4 Å². The average Bonchev–Trinajstić information content (AvgIpc) is 3.05.